The van der Waals surface area contributed by atoms with Gasteiger partial charge in [0.2, 0.25) is 0 Å². The largest absolute Gasteiger partial charge is 0.494 e. The van der Waals surface area contributed by atoms with Gasteiger partial charge in [0.05, 0.1) is 36.8 Å². The molecule has 0 aliphatic carbocycles. The summed E-state index contributed by atoms with van der Waals surface area (Å²) in [6.07, 6.45) is 6.32. The molecule has 1 aromatic carbocycles. The van der Waals surface area contributed by atoms with Crippen LogP contribution in [0.2, 0.25) is 0 Å². The van der Waals surface area contributed by atoms with Crippen LogP contribution in [0.25, 0.3) is 16.7 Å². The number of pyridine rings is 1. The fourth-order valence-electron chi connectivity index (χ4n) is 3.36. The minimum atomic E-state index is -3.99. The molecular weight excluding hydrogens is 432 g/mol. The maximum absolute atomic E-state index is 13.2. The molecule has 0 saturated carbocycles. The van der Waals surface area contributed by atoms with E-state index in [1.54, 1.807) is 55.3 Å². The molecular formula is C21H24N6O4S. The highest BCUT2D eigenvalue weighted by atomic mass is 32.2. The summed E-state index contributed by atoms with van der Waals surface area (Å²) in [6.45, 7) is 3.59. The van der Waals surface area contributed by atoms with E-state index < -0.39 is 15.6 Å². The molecule has 168 valence electrons. The van der Waals surface area contributed by atoms with Gasteiger partial charge in [-0.25, -0.2) is 18.1 Å². The van der Waals surface area contributed by atoms with E-state index >= 15 is 0 Å². The number of nitrogens with one attached hydrogen (secondary N) is 1. The fourth-order valence-corrected chi connectivity index (χ4v) is 4.37. The maximum Gasteiger partial charge on any atom is 0.265 e. The normalized spacial score (nSPS) is 13.8. The van der Waals surface area contributed by atoms with Crippen LogP contribution in [0.5, 0.6) is 5.75 Å². The third-order valence-electron chi connectivity index (χ3n) is 5.48. The molecule has 4 rings (SSSR count). The van der Waals surface area contributed by atoms with E-state index in [1.165, 1.54) is 24.2 Å². The summed E-state index contributed by atoms with van der Waals surface area (Å²) in [6, 6.07) is 6.89. The number of fused-ring (bicyclic) bond motifs is 1. The molecule has 1 atom stereocenters. The molecule has 3 aromatic heterocycles. The molecule has 0 amide bonds. The zero-order chi connectivity index (χ0) is 23.1. The molecule has 0 unspecified atom stereocenters. The lowest BCUT2D eigenvalue weighted by atomic mass is 9.94. The van der Waals surface area contributed by atoms with Crippen LogP contribution in [-0.2, 0) is 22.7 Å². The number of sulfonamides is 1. The van der Waals surface area contributed by atoms with E-state index in [2.05, 4.69) is 19.9 Å². The van der Waals surface area contributed by atoms with Crippen molar-refractivity contribution in [3.8, 4) is 11.6 Å². The average molecular weight is 457 g/mol. The van der Waals surface area contributed by atoms with Gasteiger partial charge in [-0.05, 0) is 43.2 Å². The Balaban J connectivity index is 1.71. The number of anilines is 1. The Hall–Kier alpha value is -3.44. The van der Waals surface area contributed by atoms with Crippen molar-refractivity contribution >= 4 is 26.6 Å². The lowest BCUT2D eigenvalue weighted by Crippen LogP contribution is -2.20. The summed E-state index contributed by atoms with van der Waals surface area (Å²) in [4.78, 5) is 4.20. The average Bonchev–Trinajstić information content (AvgIpc) is 3.42. The molecule has 2 N–H and O–H groups in total. The maximum atomic E-state index is 13.2. The van der Waals surface area contributed by atoms with Gasteiger partial charge in [0, 0.05) is 18.6 Å². The summed E-state index contributed by atoms with van der Waals surface area (Å²) < 4.78 is 37.2. The molecule has 0 fully saturated rings. The van der Waals surface area contributed by atoms with Crippen molar-refractivity contribution in [2.45, 2.75) is 30.8 Å². The lowest BCUT2D eigenvalue weighted by Gasteiger charge is -2.22. The highest BCUT2D eigenvalue weighted by Gasteiger charge is 2.24. The molecule has 4 aromatic rings. The minimum Gasteiger partial charge on any atom is -0.494 e. The van der Waals surface area contributed by atoms with Crippen molar-refractivity contribution < 1.29 is 18.3 Å². The van der Waals surface area contributed by atoms with Gasteiger partial charge in [-0.1, -0.05) is 6.92 Å². The fraction of sp³-hybridized carbons (Fsp3) is 0.286. The van der Waals surface area contributed by atoms with Crippen LogP contribution in [0.15, 0.2) is 53.9 Å². The van der Waals surface area contributed by atoms with Crippen LogP contribution in [-0.4, -0.2) is 45.2 Å². The number of hydrogen-bond donors (Lipinski definition) is 2. The number of aryl methyl sites for hydroxylation is 1. The van der Waals surface area contributed by atoms with E-state index in [1.807, 2.05) is 6.92 Å². The van der Waals surface area contributed by atoms with Crippen molar-refractivity contribution in [1.82, 2.24) is 24.5 Å². The van der Waals surface area contributed by atoms with E-state index in [0.29, 0.717) is 29.1 Å². The zero-order valence-corrected chi connectivity index (χ0v) is 19.0. The van der Waals surface area contributed by atoms with Gasteiger partial charge in [-0.15, -0.1) is 0 Å². The molecule has 10 nitrogen and oxygen atoms in total. The smallest absolute Gasteiger partial charge is 0.265 e. The molecule has 32 heavy (non-hydrogen) atoms. The first-order chi connectivity index (χ1) is 15.2. The Morgan fingerprint density at radius 3 is 2.72 bits per heavy atom. The second-order valence-electron chi connectivity index (χ2n) is 7.61. The summed E-state index contributed by atoms with van der Waals surface area (Å²) in [7, 11) is -0.801. The second kappa shape index (κ2) is 7.92. The molecule has 3 heterocycles. The van der Waals surface area contributed by atoms with Crippen LogP contribution in [0.3, 0.4) is 0 Å². The second-order valence-corrected chi connectivity index (χ2v) is 9.29. The van der Waals surface area contributed by atoms with Crippen molar-refractivity contribution in [2.75, 3.05) is 11.8 Å². The van der Waals surface area contributed by atoms with Gasteiger partial charge in [-0.2, -0.15) is 10.2 Å². The number of benzene rings is 1. The Bertz CT molecular complexity index is 1390. The Labute approximate surface area is 185 Å². The molecule has 0 bridgehead atoms. The zero-order valence-electron chi connectivity index (χ0n) is 18.1. The topological polar surface area (TPSA) is 124 Å². The number of rotatable bonds is 7. The van der Waals surface area contributed by atoms with Gasteiger partial charge in [-0.3, -0.25) is 9.40 Å². The highest BCUT2D eigenvalue weighted by molar-refractivity contribution is 7.92. The van der Waals surface area contributed by atoms with Gasteiger partial charge >= 0.3 is 0 Å². The summed E-state index contributed by atoms with van der Waals surface area (Å²) in [5.74, 6) is 0.761. The third-order valence-corrected chi connectivity index (χ3v) is 6.78. The van der Waals surface area contributed by atoms with E-state index in [4.69, 9.17) is 4.74 Å². The van der Waals surface area contributed by atoms with Crippen LogP contribution in [0, 0.1) is 0 Å². The van der Waals surface area contributed by atoms with Crippen LogP contribution < -0.4 is 9.46 Å². The SMILES string of the molecule is CC[C@@](C)(O)c1ccnc(-n2cc(S(=O)(=O)Nc3c(OC)ccc4cnn(C)c34)cn2)c1. The first-order valence-electron chi connectivity index (χ1n) is 9.92. The Morgan fingerprint density at radius 1 is 1.22 bits per heavy atom. The van der Waals surface area contributed by atoms with Crippen LogP contribution in [0.4, 0.5) is 5.69 Å². The quantitative estimate of drug-likeness (QED) is 0.438. The van der Waals surface area contributed by atoms with Crippen molar-refractivity contribution in [3.63, 3.8) is 0 Å². The molecule has 0 aliphatic heterocycles. The predicted molar refractivity (Wildman–Crippen MR) is 119 cm³/mol. The van der Waals surface area contributed by atoms with Gasteiger partial charge < -0.3 is 9.84 Å². The van der Waals surface area contributed by atoms with Crippen molar-refractivity contribution in [2.24, 2.45) is 7.05 Å². The summed E-state index contributed by atoms with van der Waals surface area (Å²) >= 11 is 0. The monoisotopic (exact) mass is 456 g/mol. The van der Waals surface area contributed by atoms with Crippen LogP contribution in [0.1, 0.15) is 25.8 Å². The number of methoxy groups -OCH3 is 1. The number of aliphatic hydroxyl groups is 1. The number of aromatic nitrogens is 5. The first kappa shape index (κ1) is 21.8. The molecule has 0 aliphatic rings. The number of ether oxygens (including phenoxy) is 1. The van der Waals surface area contributed by atoms with E-state index in [9.17, 15) is 13.5 Å². The highest BCUT2D eigenvalue weighted by Crippen LogP contribution is 2.34. The minimum absolute atomic E-state index is 0.0480. The molecule has 0 saturated heterocycles. The predicted octanol–water partition coefficient (Wildman–Crippen LogP) is 2.58. The number of nitrogens with zero attached hydrogens (tertiary/aromatic N) is 5. The van der Waals surface area contributed by atoms with Gasteiger partial charge in [0.1, 0.15) is 16.3 Å². The Kier molecular flexibility index (Phi) is 5.39. The van der Waals surface area contributed by atoms with Gasteiger partial charge in [0.15, 0.2) is 5.82 Å². The standard InChI is InChI=1S/C21H24N6O4S/c1-5-21(2,28)15-8-9-22-18(10-15)27-13-16(12-24-27)32(29,30)25-19-17(31-4)7-6-14-11-23-26(3)20(14)19/h6-13,25,28H,5H2,1-4H3/t21-/m1/s1. The van der Waals surface area contributed by atoms with Crippen molar-refractivity contribution in [3.05, 3.63) is 54.6 Å². The number of hydrogen-bond acceptors (Lipinski definition) is 7. The van der Waals surface area contributed by atoms with E-state index in [0.717, 1.165) is 5.39 Å². The van der Waals surface area contributed by atoms with Crippen LogP contribution >= 0.6 is 0 Å². The van der Waals surface area contributed by atoms with Crippen molar-refractivity contribution in [1.29, 1.82) is 0 Å². The summed E-state index contributed by atoms with van der Waals surface area (Å²) in [5.41, 5.74) is 0.517. The molecule has 0 spiro atoms. The first-order valence-corrected chi connectivity index (χ1v) is 11.4. The summed E-state index contributed by atoms with van der Waals surface area (Å²) in [5, 5.41) is 19.6. The van der Waals surface area contributed by atoms with E-state index in [-0.39, 0.29) is 10.6 Å². The molecule has 11 heteroatoms. The third kappa shape index (κ3) is 3.80. The van der Waals surface area contributed by atoms with Gasteiger partial charge in [0.25, 0.3) is 10.0 Å². The molecule has 0 radical (unpaired) electrons. The lowest BCUT2D eigenvalue weighted by molar-refractivity contribution is 0.0530. The Morgan fingerprint density at radius 2 is 2.00 bits per heavy atom.